The smallest absolute Gasteiger partial charge is 0.356 e. The molecule has 0 atom stereocenters. The molecule has 0 aliphatic heterocycles. The average Bonchev–Trinajstić information content (AvgIpc) is 2.85. The van der Waals surface area contributed by atoms with Crippen LogP contribution >= 0.6 is 0 Å². The highest BCUT2D eigenvalue weighted by atomic mass is 35.5. The van der Waals surface area contributed by atoms with Crippen LogP contribution < -0.4 is 33.2 Å². The normalized spacial score (nSPS) is 10.4. The molecule has 3 rings (SSSR count). The van der Waals surface area contributed by atoms with Crippen molar-refractivity contribution in [2.24, 2.45) is 5.73 Å². The summed E-state index contributed by atoms with van der Waals surface area (Å²) in [6, 6.07) is 17.5. The fraction of sp³-hybridized carbons (Fsp3) is 0.222. The second-order valence-corrected chi connectivity index (χ2v) is 5.57. The minimum Gasteiger partial charge on any atom is -1.00 e. The van der Waals surface area contributed by atoms with E-state index in [0.717, 1.165) is 23.2 Å². The lowest BCUT2D eigenvalue weighted by atomic mass is 10.3. The van der Waals surface area contributed by atoms with Gasteiger partial charge in [0.15, 0.2) is 6.54 Å². The molecular weight excluding hydrogens is 340 g/mol. The number of para-hydroxylation sites is 3. The Morgan fingerprint density at radius 3 is 2.48 bits per heavy atom. The Balaban J connectivity index is 0.00000225. The van der Waals surface area contributed by atoms with Crippen LogP contribution in [0.5, 0.6) is 5.75 Å². The molecule has 0 saturated carbocycles. The van der Waals surface area contributed by atoms with E-state index >= 15 is 0 Å². The fourth-order valence-electron chi connectivity index (χ4n) is 2.80. The maximum absolute atomic E-state index is 11.3. The number of imidazole rings is 1. The van der Waals surface area contributed by atoms with Crippen molar-refractivity contribution in [1.82, 2.24) is 4.57 Å². The molecule has 1 heterocycles. The summed E-state index contributed by atoms with van der Waals surface area (Å²) in [6.45, 7) is 1.36. The molecular formula is C18H21ClN4O2. The number of aromatic nitrogens is 2. The van der Waals surface area contributed by atoms with Crippen LogP contribution in [0, 0.1) is 0 Å². The molecule has 0 fully saturated rings. The zero-order chi connectivity index (χ0) is 16.9. The molecule has 0 spiro atoms. The zero-order valence-corrected chi connectivity index (χ0v) is 14.5. The number of carbonyl (C=O) groups excluding carboxylic acids is 1. The molecule has 0 radical (unpaired) electrons. The number of nitrogens with zero attached hydrogens (tertiary/aromatic N) is 2. The first kappa shape index (κ1) is 18.6. The average molecular weight is 361 g/mol. The summed E-state index contributed by atoms with van der Waals surface area (Å²) in [5.74, 6) is 0.961. The van der Waals surface area contributed by atoms with Gasteiger partial charge in [0.2, 0.25) is 0 Å². The van der Waals surface area contributed by atoms with E-state index in [9.17, 15) is 4.79 Å². The van der Waals surface area contributed by atoms with Gasteiger partial charge in [-0.15, -0.1) is 0 Å². The molecule has 1 aromatic heterocycles. The van der Waals surface area contributed by atoms with Gasteiger partial charge in [-0.3, -0.25) is 10.5 Å². The minimum atomic E-state index is -0.415. The quantitative estimate of drug-likeness (QED) is 0.396. The summed E-state index contributed by atoms with van der Waals surface area (Å²) in [5.41, 5.74) is 13.5. The number of benzene rings is 2. The van der Waals surface area contributed by atoms with Crippen molar-refractivity contribution < 1.29 is 26.5 Å². The first-order valence-corrected chi connectivity index (χ1v) is 7.89. The molecule has 0 saturated heterocycles. The van der Waals surface area contributed by atoms with Crippen LogP contribution in [-0.4, -0.2) is 17.1 Å². The number of nitrogens with two attached hydrogens (primary N) is 2. The Hall–Kier alpha value is -2.73. The number of amides is 1. The number of primary amides is 1. The summed E-state index contributed by atoms with van der Waals surface area (Å²) < 4.78 is 9.45. The number of halogens is 1. The van der Waals surface area contributed by atoms with Gasteiger partial charge in [0, 0.05) is 6.42 Å². The van der Waals surface area contributed by atoms with E-state index < -0.39 is 5.91 Å². The van der Waals surface area contributed by atoms with Crippen molar-refractivity contribution in [3.8, 4) is 5.75 Å². The standard InChI is InChI=1S/C18H20N4O2.ClH/c19-17(23)13-22-16-10-5-4-9-15(16)21(18(22)20)11-6-12-24-14-7-2-1-3-8-14;/h1-5,7-10,20H,6,11-13H2,(H2,19,23);1H. The van der Waals surface area contributed by atoms with Crippen molar-refractivity contribution in [3.63, 3.8) is 0 Å². The lowest BCUT2D eigenvalue weighted by Gasteiger charge is -2.05. The maximum atomic E-state index is 11.3. The van der Waals surface area contributed by atoms with Gasteiger partial charge in [-0.25, -0.2) is 9.13 Å². The molecule has 0 unspecified atom stereocenters. The van der Waals surface area contributed by atoms with Gasteiger partial charge in [-0.1, -0.05) is 30.3 Å². The van der Waals surface area contributed by atoms with E-state index in [2.05, 4.69) is 0 Å². The molecule has 3 aromatic rings. The second kappa shape index (κ2) is 8.39. The van der Waals surface area contributed by atoms with Gasteiger partial charge < -0.3 is 22.9 Å². The van der Waals surface area contributed by atoms with Gasteiger partial charge in [0.05, 0.1) is 13.2 Å². The van der Waals surface area contributed by atoms with Crippen LogP contribution in [0.3, 0.4) is 0 Å². The molecule has 132 valence electrons. The topological polar surface area (TPSA) is 87.2 Å². The predicted molar refractivity (Wildman–Crippen MR) is 92.3 cm³/mol. The third-order valence-corrected chi connectivity index (χ3v) is 3.87. The molecule has 25 heavy (non-hydrogen) atoms. The molecule has 7 heteroatoms. The Morgan fingerprint density at radius 1 is 1.08 bits per heavy atom. The Morgan fingerprint density at radius 2 is 1.76 bits per heavy atom. The molecule has 1 amide bonds. The van der Waals surface area contributed by atoms with Gasteiger partial charge in [0.25, 0.3) is 5.91 Å². The van der Waals surface area contributed by atoms with Gasteiger partial charge in [-0.05, 0) is 24.3 Å². The van der Waals surface area contributed by atoms with Crippen LogP contribution in [-0.2, 0) is 17.9 Å². The molecule has 0 aliphatic rings. The number of rotatable bonds is 7. The first-order valence-electron chi connectivity index (χ1n) is 7.89. The summed E-state index contributed by atoms with van der Waals surface area (Å²) in [4.78, 5) is 11.3. The van der Waals surface area contributed by atoms with Crippen LogP contribution in [0.2, 0.25) is 0 Å². The van der Waals surface area contributed by atoms with Gasteiger partial charge >= 0.3 is 5.95 Å². The monoisotopic (exact) mass is 360 g/mol. The predicted octanol–water partition coefficient (Wildman–Crippen LogP) is -1.53. The maximum Gasteiger partial charge on any atom is 0.356 e. The lowest BCUT2D eigenvalue weighted by Crippen LogP contribution is -3.00. The van der Waals surface area contributed by atoms with Crippen molar-refractivity contribution >= 4 is 22.9 Å². The Kier molecular flexibility index (Phi) is 6.25. The van der Waals surface area contributed by atoms with E-state index in [1.807, 2.05) is 59.2 Å². The number of aryl methyl sites for hydroxylation is 1. The number of ether oxygens (including phenoxy) is 1. The number of carbonyl (C=O) groups is 1. The SMILES string of the molecule is NC(=O)C[n+]1c(N)n(CCCOc2ccccc2)c2ccccc21.[Cl-]. The number of hydrogen-bond acceptors (Lipinski definition) is 3. The second-order valence-electron chi connectivity index (χ2n) is 5.57. The van der Waals surface area contributed by atoms with E-state index in [0.29, 0.717) is 19.1 Å². The van der Waals surface area contributed by atoms with Crippen LogP contribution in [0.1, 0.15) is 6.42 Å². The minimum absolute atomic E-state index is 0. The van der Waals surface area contributed by atoms with Gasteiger partial charge in [0.1, 0.15) is 16.8 Å². The summed E-state index contributed by atoms with van der Waals surface area (Å²) in [6.07, 6.45) is 0.800. The van der Waals surface area contributed by atoms with Crippen LogP contribution in [0.15, 0.2) is 54.6 Å². The highest BCUT2D eigenvalue weighted by molar-refractivity contribution is 5.76. The summed E-state index contributed by atoms with van der Waals surface area (Å²) in [7, 11) is 0. The number of hydrogen-bond donors (Lipinski definition) is 2. The van der Waals surface area contributed by atoms with Crippen molar-refractivity contribution in [3.05, 3.63) is 54.6 Å². The molecule has 2 aromatic carbocycles. The lowest BCUT2D eigenvalue weighted by molar-refractivity contribution is -0.644. The van der Waals surface area contributed by atoms with E-state index in [1.165, 1.54) is 0 Å². The number of fused-ring (bicyclic) bond motifs is 1. The molecule has 0 aliphatic carbocycles. The van der Waals surface area contributed by atoms with E-state index in [1.54, 1.807) is 4.57 Å². The summed E-state index contributed by atoms with van der Waals surface area (Å²) in [5, 5.41) is 0. The van der Waals surface area contributed by atoms with Crippen molar-refractivity contribution in [1.29, 1.82) is 0 Å². The number of anilines is 1. The van der Waals surface area contributed by atoms with E-state index in [-0.39, 0.29) is 19.0 Å². The van der Waals surface area contributed by atoms with Crippen LogP contribution in [0.25, 0.3) is 11.0 Å². The largest absolute Gasteiger partial charge is 1.00 e. The van der Waals surface area contributed by atoms with Gasteiger partial charge in [-0.2, -0.15) is 0 Å². The Bertz CT molecular complexity index is 849. The van der Waals surface area contributed by atoms with E-state index in [4.69, 9.17) is 16.2 Å². The van der Waals surface area contributed by atoms with Crippen molar-refractivity contribution in [2.75, 3.05) is 12.3 Å². The highest BCUT2D eigenvalue weighted by Crippen LogP contribution is 2.17. The van der Waals surface area contributed by atoms with Crippen LogP contribution in [0.4, 0.5) is 5.95 Å². The summed E-state index contributed by atoms with van der Waals surface area (Å²) >= 11 is 0. The zero-order valence-electron chi connectivity index (χ0n) is 13.8. The highest BCUT2D eigenvalue weighted by Gasteiger charge is 2.21. The molecule has 4 N–H and O–H groups in total. The number of nitrogen functional groups attached to an aromatic ring is 1. The third-order valence-electron chi connectivity index (χ3n) is 3.87. The fourth-order valence-corrected chi connectivity index (χ4v) is 2.80. The Labute approximate surface area is 152 Å². The third kappa shape index (κ3) is 4.22. The molecule has 6 nitrogen and oxygen atoms in total. The van der Waals surface area contributed by atoms with Crippen molar-refractivity contribution in [2.45, 2.75) is 19.5 Å². The first-order chi connectivity index (χ1) is 11.7. The molecule has 0 bridgehead atoms.